The summed E-state index contributed by atoms with van der Waals surface area (Å²) in [5.74, 6) is 1.94. The van der Waals surface area contributed by atoms with Crippen molar-refractivity contribution in [3.05, 3.63) is 95.3 Å². The molecule has 1 aromatic heterocycles. The Morgan fingerprint density at radius 2 is 1.77 bits per heavy atom. The van der Waals surface area contributed by atoms with Crippen molar-refractivity contribution in [2.45, 2.75) is 31.7 Å². The van der Waals surface area contributed by atoms with Gasteiger partial charge in [-0.25, -0.2) is 4.98 Å². The first-order valence-corrected chi connectivity index (χ1v) is 10.3. The number of Topliss-reactive ketones (excluding diaryl/α,β-unsaturated/α-hetero) is 1. The van der Waals surface area contributed by atoms with Crippen LogP contribution in [0.1, 0.15) is 47.1 Å². The maximum atomic E-state index is 11.9. The van der Waals surface area contributed by atoms with Crippen molar-refractivity contribution in [1.29, 1.82) is 0 Å². The van der Waals surface area contributed by atoms with Gasteiger partial charge in [0.05, 0.1) is 23.7 Å². The molecule has 0 spiro atoms. The number of ketones is 1. The highest BCUT2D eigenvalue weighted by Crippen LogP contribution is 2.51. The van der Waals surface area contributed by atoms with E-state index in [1.165, 1.54) is 11.1 Å². The molecule has 0 bridgehead atoms. The zero-order chi connectivity index (χ0) is 20.7. The normalized spacial score (nSPS) is 14.6. The lowest BCUT2D eigenvalue weighted by Crippen LogP contribution is -2.21. The van der Waals surface area contributed by atoms with Gasteiger partial charge in [0.2, 0.25) is 0 Å². The molecule has 0 amide bonds. The van der Waals surface area contributed by atoms with Crippen LogP contribution in [0.4, 0.5) is 0 Å². The number of carbonyl (C=O) groups excluding carboxylic acids is 1. The lowest BCUT2D eigenvalue weighted by atomic mass is 10.0. The summed E-state index contributed by atoms with van der Waals surface area (Å²) in [5, 5.41) is 0. The number of rotatable bonds is 6. The monoisotopic (exact) mass is 396 g/mol. The van der Waals surface area contributed by atoms with Gasteiger partial charge in [-0.1, -0.05) is 42.5 Å². The van der Waals surface area contributed by atoms with E-state index in [1.54, 1.807) is 14.0 Å². The Labute approximate surface area is 176 Å². The summed E-state index contributed by atoms with van der Waals surface area (Å²) in [6.07, 6.45) is 2.90. The molecule has 0 aliphatic heterocycles. The van der Waals surface area contributed by atoms with Crippen molar-refractivity contribution in [3.63, 3.8) is 0 Å². The van der Waals surface area contributed by atoms with E-state index in [1.807, 2.05) is 24.3 Å². The summed E-state index contributed by atoms with van der Waals surface area (Å²) in [7, 11) is 1.68. The maximum absolute atomic E-state index is 11.9. The van der Waals surface area contributed by atoms with Crippen LogP contribution >= 0.6 is 0 Å². The third-order valence-corrected chi connectivity index (χ3v) is 6.11. The minimum atomic E-state index is -0.0600. The van der Waals surface area contributed by atoms with Crippen LogP contribution in [-0.2, 0) is 12.0 Å². The Morgan fingerprint density at radius 3 is 2.40 bits per heavy atom. The lowest BCUT2D eigenvalue weighted by Gasteiger charge is -2.22. The first-order chi connectivity index (χ1) is 14.6. The summed E-state index contributed by atoms with van der Waals surface area (Å²) in [6, 6.07) is 24.7. The zero-order valence-electron chi connectivity index (χ0n) is 17.3. The highest BCUT2D eigenvalue weighted by Gasteiger charge is 2.48. The molecule has 30 heavy (non-hydrogen) atoms. The summed E-state index contributed by atoms with van der Waals surface area (Å²) in [4.78, 5) is 16.9. The van der Waals surface area contributed by atoms with Crippen molar-refractivity contribution < 1.29 is 9.53 Å². The second kappa shape index (κ2) is 7.13. The van der Waals surface area contributed by atoms with E-state index in [0.29, 0.717) is 5.56 Å². The van der Waals surface area contributed by atoms with E-state index in [0.717, 1.165) is 41.9 Å². The fourth-order valence-corrected chi connectivity index (χ4v) is 4.38. The molecule has 0 N–H and O–H groups in total. The molecular weight excluding hydrogens is 372 g/mol. The second-order valence-corrected chi connectivity index (χ2v) is 8.05. The number of imidazole rings is 1. The van der Waals surface area contributed by atoms with Gasteiger partial charge in [0.1, 0.15) is 11.6 Å². The number of benzene rings is 3. The van der Waals surface area contributed by atoms with Gasteiger partial charge in [0, 0.05) is 12.0 Å². The average Bonchev–Trinajstić information content (AvgIpc) is 3.50. The molecule has 1 heterocycles. The van der Waals surface area contributed by atoms with Crippen LogP contribution in [0.15, 0.2) is 72.8 Å². The minimum absolute atomic E-state index is 0.0600. The summed E-state index contributed by atoms with van der Waals surface area (Å²) < 4.78 is 7.70. The van der Waals surface area contributed by atoms with Crippen LogP contribution < -0.4 is 4.74 Å². The van der Waals surface area contributed by atoms with Gasteiger partial charge in [-0.15, -0.1) is 0 Å². The molecule has 4 aromatic rings. The first kappa shape index (κ1) is 18.6. The number of carbonyl (C=O) groups is 1. The Hall–Kier alpha value is -3.40. The highest BCUT2D eigenvalue weighted by molar-refractivity contribution is 5.97. The SMILES string of the molecule is COc1ccc(Cc2nc3cc(C(C)=O)ccc3n2C2(c3ccccc3)CC2)cc1. The Balaban J connectivity index is 1.66. The molecule has 150 valence electrons. The molecule has 4 heteroatoms. The molecule has 1 fully saturated rings. The quantitative estimate of drug-likeness (QED) is 0.411. The molecule has 0 radical (unpaired) electrons. The molecule has 1 aliphatic carbocycles. The number of aromatic nitrogens is 2. The van der Waals surface area contributed by atoms with Gasteiger partial charge in [-0.2, -0.15) is 0 Å². The van der Waals surface area contributed by atoms with Gasteiger partial charge in [0.15, 0.2) is 5.78 Å². The number of hydrogen-bond donors (Lipinski definition) is 0. The molecule has 0 atom stereocenters. The van der Waals surface area contributed by atoms with Crippen molar-refractivity contribution >= 4 is 16.8 Å². The second-order valence-electron chi connectivity index (χ2n) is 8.05. The van der Waals surface area contributed by atoms with Crippen LogP contribution in [0.5, 0.6) is 5.75 Å². The lowest BCUT2D eigenvalue weighted by molar-refractivity contribution is 0.101. The van der Waals surface area contributed by atoms with Crippen molar-refractivity contribution in [3.8, 4) is 5.75 Å². The number of ether oxygens (including phenoxy) is 1. The summed E-state index contributed by atoms with van der Waals surface area (Å²) >= 11 is 0. The maximum Gasteiger partial charge on any atom is 0.159 e. The third kappa shape index (κ3) is 3.09. The standard InChI is InChI=1S/C26H24N2O2/c1-18(29)20-10-13-24-23(17-20)27-25(16-19-8-11-22(30-2)12-9-19)28(24)26(14-15-26)21-6-4-3-5-7-21/h3-13,17H,14-16H2,1-2H3. The average molecular weight is 396 g/mol. The molecule has 1 saturated carbocycles. The minimum Gasteiger partial charge on any atom is -0.497 e. The third-order valence-electron chi connectivity index (χ3n) is 6.11. The Bertz CT molecular complexity index is 1220. The molecule has 0 saturated heterocycles. The smallest absolute Gasteiger partial charge is 0.159 e. The molecule has 4 nitrogen and oxygen atoms in total. The molecule has 0 unspecified atom stereocenters. The fraction of sp³-hybridized carbons (Fsp3) is 0.231. The predicted molar refractivity (Wildman–Crippen MR) is 118 cm³/mol. The fourth-order valence-electron chi connectivity index (χ4n) is 4.38. The van der Waals surface area contributed by atoms with Gasteiger partial charge in [-0.05, 0) is 61.2 Å². The van der Waals surface area contributed by atoms with Crippen LogP contribution in [0, 0.1) is 0 Å². The van der Waals surface area contributed by atoms with Gasteiger partial charge >= 0.3 is 0 Å². The molecular formula is C26H24N2O2. The Morgan fingerprint density at radius 1 is 1.03 bits per heavy atom. The largest absolute Gasteiger partial charge is 0.497 e. The first-order valence-electron chi connectivity index (χ1n) is 10.3. The number of fused-ring (bicyclic) bond motifs is 1. The number of hydrogen-bond acceptors (Lipinski definition) is 3. The number of nitrogens with zero attached hydrogens (tertiary/aromatic N) is 2. The van der Waals surface area contributed by atoms with Gasteiger partial charge in [0.25, 0.3) is 0 Å². The van der Waals surface area contributed by atoms with Crippen LogP contribution in [0.2, 0.25) is 0 Å². The highest BCUT2D eigenvalue weighted by atomic mass is 16.5. The molecule has 3 aromatic carbocycles. The van der Waals surface area contributed by atoms with E-state index in [9.17, 15) is 4.79 Å². The molecule has 5 rings (SSSR count). The van der Waals surface area contributed by atoms with E-state index in [-0.39, 0.29) is 11.3 Å². The summed E-state index contributed by atoms with van der Waals surface area (Å²) in [6.45, 7) is 1.60. The van der Waals surface area contributed by atoms with E-state index in [4.69, 9.17) is 9.72 Å². The van der Waals surface area contributed by atoms with E-state index in [2.05, 4.69) is 53.1 Å². The van der Waals surface area contributed by atoms with Gasteiger partial charge in [-0.3, -0.25) is 4.79 Å². The topological polar surface area (TPSA) is 44.1 Å². The van der Waals surface area contributed by atoms with E-state index < -0.39 is 0 Å². The predicted octanol–water partition coefficient (Wildman–Crippen LogP) is 5.38. The van der Waals surface area contributed by atoms with Crippen molar-refractivity contribution in [2.75, 3.05) is 7.11 Å². The van der Waals surface area contributed by atoms with Crippen LogP contribution in [0.3, 0.4) is 0 Å². The van der Waals surface area contributed by atoms with Crippen LogP contribution in [-0.4, -0.2) is 22.4 Å². The molecule has 1 aliphatic rings. The van der Waals surface area contributed by atoms with E-state index >= 15 is 0 Å². The van der Waals surface area contributed by atoms with Crippen LogP contribution in [0.25, 0.3) is 11.0 Å². The van der Waals surface area contributed by atoms with Crippen molar-refractivity contribution in [1.82, 2.24) is 9.55 Å². The Kier molecular flexibility index (Phi) is 4.43. The van der Waals surface area contributed by atoms with Gasteiger partial charge < -0.3 is 9.30 Å². The number of methoxy groups -OCH3 is 1. The zero-order valence-corrected chi connectivity index (χ0v) is 17.3. The van der Waals surface area contributed by atoms with Crippen molar-refractivity contribution in [2.24, 2.45) is 0 Å². The summed E-state index contributed by atoms with van der Waals surface area (Å²) in [5.41, 5.74) is 5.11.